The molecule has 141 heavy (non-hydrogen) atoms. The first-order valence-corrected chi connectivity index (χ1v) is 50.3. The summed E-state index contributed by atoms with van der Waals surface area (Å²) in [5.74, 6) is 0. The minimum absolute atomic E-state index is 0.961. The lowest BCUT2D eigenvalue weighted by molar-refractivity contribution is 1.17. The third-order valence-corrected chi connectivity index (χ3v) is 32.4. The van der Waals surface area contributed by atoms with Crippen molar-refractivity contribution in [3.63, 3.8) is 0 Å². The van der Waals surface area contributed by atoms with Gasteiger partial charge in [0.15, 0.2) is 0 Å². The second-order valence-electron chi connectivity index (χ2n) is 36.6. The standard InChI is InChI=1S/C48H30N2S.2C41H25N3S/c1-2-11-32(12-3-1)36-16-10-17-41-39-27-23-33(29-45(39)50(48(36)41)35-26-28-47-42(30-35)40-15-6-9-20-46(40)51-47)31-21-24-34(25-22-31)49-43-18-7-4-13-37(43)38-14-5-8-19-44(38)49;1-5-13-36-29(9-1)30-10-2-6-14-37(30)43(36)27-19-17-26(18-20-27)35-24-39-34(25-42-35)31-11-3-7-15-38(31)44(39)28-21-22-41-33(23-28)32-12-4-8-16-40(32)45-41;1-4-10-36-30(7-1)31-8-2-5-11-37(31)43(36)28-16-13-26(14-17-28)27-15-19-32-35-25-42-22-21-38(35)44(39(32)23-27)29-18-20-41-34(24-29)33-9-3-6-12-40(33)45-41/h1-30H;2*1-25H. The van der Waals surface area contributed by atoms with Crippen LogP contribution in [0.25, 0.3) is 270 Å². The van der Waals surface area contributed by atoms with Crippen LogP contribution < -0.4 is 0 Å². The maximum atomic E-state index is 4.99. The summed E-state index contributed by atoms with van der Waals surface area (Å²) >= 11 is 5.57. The zero-order chi connectivity index (χ0) is 92.4. The maximum absolute atomic E-state index is 4.99. The predicted molar refractivity (Wildman–Crippen MR) is 601 cm³/mol. The Morgan fingerprint density at radius 2 is 0.447 bits per heavy atom. The van der Waals surface area contributed by atoms with Gasteiger partial charge in [-0.2, -0.15) is 0 Å². The van der Waals surface area contributed by atoms with Crippen molar-refractivity contribution in [2.24, 2.45) is 0 Å². The Kier molecular flexibility index (Phi) is 18.5. The Hall–Kier alpha value is -17.8. The van der Waals surface area contributed by atoms with Crippen LogP contribution in [0.2, 0.25) is 0 Å². The summed E-state index contributed by atoms with van der Waals surface area (Å²) in [7, 11) is 0. The van der Waals surface area contributed by atoms with E-state index >= 15 is 0 Å². The number of fused-ring (bicyclic) bond motifs is 27. The van der Waals surface area contributed by atoms with Crippen LogP contribution in [0.3, 0.4) is 0 Å². The quantitative estimate of drug-likeness (QED) is 0.137. The van der Waals surface area contributed by atoms with Crippen molar-refractivity contribution in [3.8, 4) is 78.8 Å². The van der Waals surface area contributed by atoms with E-state index in [-0.39, 0.29) is 0 Å². The van der Waals surface area contributed by atoms with Crippen LogP contribution in [-0.4, -0.2) is 37.4 Å². The van der Waals surface area contributed by atoms with E-state index in [0.29, 0.717) is 0 Å². The van der Waals surface area contributed by atoms with Gasteiger partial charge >= 0.3 is 0 Å². The Morgan fingerprint density at radius 3 is 0.865 bits per heavy atom. The summed E-state index contributed by atoms with van der Waals surface area (Å²) in [6.07, 6.45) is 5.93. The van der Waals surface area contributed by atoms with Crippen molar-refractivity contribution in [2.45, 2.75) is 0 Å². The van der Waals surface area contributed by atoms with E-state index in [9.17, 15) is 0 Å². The summed E-state index contributed by atoms with van der Waals surface area (Å²) in [5.41, 5.74) is 30.7. The number of benzene rings is 20. The molecule has 0 atom stereocenters. The number of aromatic nitrogens is 8. The van der Waals surface area contributed by atoms with E-state index in [0.717, 1.165) is 61.5 Å². The van der Waals surface area contributed by atoms with Crippen LogP contribution in [-0.2, 0) is 0 Å². The van der Waals surface area contributed by atoms with Crippen LogP contribution in [0, 0.1) is 0 Å². The number of nitrogens with zero attached hydrogens (tertiary/aromatic N) is 8. The third-order valence-electron chi connectivity index (χ3n) is 28.9. The van der Waals surface area contributed by atoms with Crippen molar-refractivity contribution in [2.75, 3.05) is 0 Å². The number of rotatable bonds is 10. The lowest BCUT2D eigenvalue weighted by atomic mass is 10.0. The average molecular weight is 1850 g/mol. The van der Waals surface area contributed by atoms with Crippen LogP contribution >= 0.6 is 34.0 Å². The number of hydrogen-bond donors (Lipinski definition) is 0. The number of pyridine rings is 2. The first kappa shape index (κ1) is 80.4. The molecule has 11 heteroatoms. The molecule has 31 rings (SSSR count). The largest absolute Gasteiger partial charge is 0.309 e. The highest BCUT2D eigenvalue weighted by Gasteiger charge is 2.25. The van der Waals surface area contributed by atoms with Crippen molar-refractivity contribution in [1.82, 2.24) is 37.4 Å². The molecule has 0 aliphatic carbocycles. The van der Waals surface area contributed by atoms with Crippen molar-refractivity contribution < 1.29 is 0 Å². The molecule has 0 N–H and O–H groups in total. The second kappa shape index (κ2) is 32.4. The van der Waals surface area contributed by atoms with Gasteiger partial charge in [0, 0.05) is 189 Å². The van der Waals surface area contributed by atoms with E-state index in [1.165, 1.54) is 209 Å². The van der Waals surface area contributed by atoms with Gasteiger partial charge in [0.05, 0.1) is 71.9 Å². The van der Waals surface area contributed by atoms with Gasteiger partial charge in [0.1, 0.15) is 0 Å². The molecule has 31 aromatic rings. The van der Waals surface area contributed by atoms with Crippen LogP contribution in [0.15, 0.2) is 486 Å². The van der Waals surface area contributed by atoms with Gasteiger partial charge in [-0.25, -0.2) is 0 Å². The first-order chi connectivity index (χ1) is 69.9. The highest BCUT2D eigenvalue weighted by molar-refractivity contribution is 7.26. The molecule has 0 amide bonds. The van der Waals surface area contributed by atoms with Crippen LogP contribution in [0.4, 0.5) is 0 Å². The second-order valence-corrected chi connectivity index (χ2v) is 39.9. The summed E-state index contributed by atoms with van der Waals surface area (Å²) in [5, 5.41) is 22.7. The molecule has 0 bridgehead atoms. The molecule has 11 heterocycles. The minimum atomic E-state index is 0.961. The molecule has 0 aliphatic rings. The molecule has 0 spiro atoms. The van der Waals surface area contributed by atoms with Crippen LogP contribution in [0.5, 0.6) is 0 Å². The topological polar surface area (TPSA) is 55.4 Å². The molecule has 0 saturated carbocycles. The van der Waals surface area contributed by atoms with Crippen molar-refractivity contribution in [1.29, 1.82) is 0 Å². The maximum Gasteiger partial charge on any atom is 0.0723 e. The molecule has 8 nitrogen and oxygen atoms in total. The number of hydrogen-bond acceptors (Lipinski definition) is 5. The molecule has 0 radical (unpaired) electrons. The zero-order valence-corrected chi connectivity index (χ0v) is 78.4. The number of para-hydroxylation sites is 8. The molecule has 0 fully saturated rings. The Labute approximate surface area is 820 Å². The monoisotopic (exact) mass is 1850 g/mol. The summed E-state index contributed by atoms with van der Waals surface area (Å²) in [4.78, 5) is 9.49. The SMILES string of the molecule is c1ccc(-c2cccc3c4ccc(-c5ccc(-n6c7ccccc7c7ccccc76)cc5)cc4n(-c4ccc5sc6ccccc6c5c4)c23)cc1.c1ccc2c(c1)sc1ccc(-n3c4ccccc4c4cnc(-c5ccc(-n6c7ccccc7c7ccccc76)cc5)cc43)cc12.c1ccc2c(c1)sc1ccc(-n3c4ccncc4c4ccc(-c5ccc(-n6c7ccccc7c7ccccc76)cc5)cc43)cc12. The summed E-state index contributed by atoms with van der Waals surface area (Å²) < 4.78 is 22.3. The first-order valence-electron chi connectivity index (χ1n) is 47.9. The Balaban J connectivity index is 0.000000102. The van der Waals surface area contributed by atoms with Gasteiger partial charge in [-0.15, -0.1) is 34.0 Å². The van der Waals surface area contributed by atoms with Gasteiger partial charge in [0.2, 0.25) is 0 Å². The van der Waals surface area contributed by atoms with E-state index in [1.54, 1.807) is 0 Å². The van der Waals surface area contributed by atoms with Crippen LogP contribution in [0.1, 0.15) is 0 Å². The van der Waals surface area contributed by atoms with E-state index < -0.39 is 0 Å². The third kappa shape index (κ3) is 12.9. The van der Waals surface area contributed by atoms with E-state index in [4.69, 9.17) is 4.98 Å². The molecule has 0 aliphatic heterocycles. The molecular formula is C130H80N8S3. The molecule has 0 unspecified atom stereocenters. The molecule has 0 saturated heterocycles. The normalized spacial score (nSPS) is 12.0. The highest BCUT2D eigenvalue weighted by atomic mass is 32.1. The smallest absolute Gasteiger partial charge is 0.0723 e. The van der Waals surface area contributed by atoms with Gasteiger partial charge in [0.25, 0.3) is 0 Å². The summed E-state index contributed by atoms with van der Waals surface area (Å²) in [6.45, 7) is 0. The fourth-order valence-electron chi connectivity index (χ4n) is 22.5. The minimum Gasteiger partial charge on any atom is -0.309 e. The average Bonchev–Trinajstić information content (AvgIpc) is 1.57. The molecule has 658 valence electrons. The number of thiophene rings is 3. The lowest BCUT2D eigenvalue weighted by Gasteiger charge is -2.13. The van der Waals surface area contributed by atoms with E-state index in [1.807, 2.05) is 52.6 Å². The zero-order valence-electron chi connectivity index (χ0n) is 76.0. The Bertz CT molecular complexity index is 9990. The fraction of sp³-hybridized carbons (Fsp3) is 0. The fourth-order valence-corrected chi connectivity index (χ4v) is 25.8. The highest BCUT2D eigenvalue weighted by Crippen LogP contribution is 2.48. The predicted octanol–water partition coefficient (Wildman–Crippen LogP) is 36.2. The Morgan fingerprint density at radius 1 is 0.156 bits per heavy atom. The van der Waals surface area contributed by atoms with Gasteiger partial charge in [-0.05, 0) is 204 Å². The molecular weight excluding hydrogens is 1770 g/mol. The van der Waals surface area contributed by atoms with Gasteiger partial charge in [-0.3, -0.25) is 9.97 Å². The van der Waals surface area contributed by atoms with E-state index in [2.05, 4.69) is 499 Å². The van der Waals surface area contributed by atoms with Crippen molar-refractivity contribution >= 4 is 225 Å². The van der Waals surface area contributed by atoms with Gasteiger partial charge in [-0.1, -0.05) is 291 Å². The van der Waals surface area contributed by atoms with Gasteiger partial charge < -0.3 is 27.4 Å². The molecule has 11 aromatic heterocycles. The van der Waals surface area contributed by atoms with Crippen molar-refractivity contribution in [3.05, 3.63) is 486 Å². The molecule has 20 aromatic carbocycles. The lowest BCUT2D eigenvalue weighted by Crippen LogP contribution is -1.96. The summed E-state index contributed by atoms with van der Waals surface area (Å²) in [6, 6.07) is 170.